The van der Waals surface area contributed by atoms with Crippen molar-refractivity contribution in [3.8, 4) is 0 Å². The summed E-state index contributed by atoms with van der Waals surface area (Å²) >= 11 is 0. The Hall–Kier alpha value is -1.83. The van der Waals surface area contributed by atoms with Crippen LogP contribution in [0.2, 0.25) is 0 Å². The number of rotatable bonds is 8. The lowest BCUT2D eigenvalue weighted by molar-refractivity contribution is -0.139. The highest BCUT2D eigenvalue weighted by Gasteiger charge is 2.24. The van der Waals surface area contributed by atoms with Gasteiger partial charge in [0.25, 0.3) is 0 Å². The van der Waals surface area contributed by atoms with Crippen LogP contribution in [-0.2, 0) is 9.59 Å². The summed E-state index contributed by atoms with van der Waals surface area (Å²) in [5, 5.41) is 13.9. The summed E-state index contributed by atoms with van der Waals surface area (Å²) in [5.41, 5.74) is 4.69. The van der Waals surface area contributed by atoms with Gasteiger partial charge in [-0.3, -0.25) is 4.79 Å². The van der Waals surface area contributed by atoms with Crippen LogP contribution in [0, 0.1) is 0 Å². The van der Waals surface area contributed by atoms with E-state index in [0.29, 0.717) is 6.54 Å². The van der Waals surface area contributed by atoms with E-state index in [1.807, 2.05) is 32.8 Å². The lowest BCUT2D eigenvalue weighted by Gasteiger charge is -2.32. The SMILES string of the molecule is CN(C)C(C)(C)CNC(=O)N[C@@H](CCC(N)=O)C(=O)O. The quantitative estimate of drug-likeness (QED) is 0.472. The molecule has 0 aliphatic carbocycles. The molecule has 8 heteroatoms. The van der Waals surface area contributed by atoms with Gasteiger partial charge in [0.1, 0.15) is 6.04 Å². The van der Waals surface area contributed by atoms with Gasteiger partial charge in [-0.25, -0.2) is 9.59 Å². The highest BCUT2D eigenvalue weighted by atomic mass is 16.4. The van der Waals surface area contributed by atoms with Gasteiger partial charge in [-0.15, -0.1) is 0 Å². The van der Waals surface area contributed by atoms with Gasteiger partial charge in [0.2, 0.25) is 5.91 Å². The molecule has 0 aromatic heterocycles. The molecule has 0 aliphatic heterocycles. The minimum Gasteiger partial charge on any atom is -0.480 e. The molecule has 1 atom stereocenters. The minimum absolute atomic E-state index is 0.0326. The lowest BCUT2D eigenvalue weighted by Crippen LogP contribution is -2.53. The van der Waals surface area contributed by atoms with Gasteiger partial charge in [0.05, 0.1) is 0 Å². The fourth-order valence-electron chi connectivity index (χ4n) is 1.21. The van der Waals surface area contributed by atoms with E-state index in [9.17, 15) is 14.4 Å². The molecular formula is C12H24N4O4. The average Bonchev–Trinajstić information content (AvgIpc) is 2.31. The average molecular weight is 288 g/mol. The fourth-order valence-corrected chi connectivity index (χ4v) is 1.21. The number of nitrogens with one attached hydrogen (secondary N) is 2. The Bertz CT molecular complexity index is 368. The molecule has 0 spiro atoms. The van der Waals surface area contributed by atoms with Crippen molar-refractivity contribution in [2.45, 2.75) is 38.3 Å². The molecule has 20 heavy (non-hydrogen) atoms. The first-order valence-corrected chi connectivity index (χ1v) is 6.29. The smallest absolute Gasteiger partial charge is 0.326 e. The van der Waals surface area contributed by atoms with E-state index in [1.165, 1.54) is 0 Å². The second-order valence-corrected chi connectivity index (χ2v) is 5.43. The van der Waals surface area contributed by atoms with E-state index in [2.05, 4.69) is 10.6 Å². The van der Waals surface area contributed by atoms with Crippen molar-refractivity contribution >= 4 is 17.9 Å². The zero-order valence-corrected chi connectivity index (χ0v) is 12.4. The molecular weight excluding hydrogens is 264 g/mol. The molecule has 0 aromatic rings. The number of hydrogen-bond acceptors (Lipinski definition) is 4. The Morgan fingerprint density at radius 1 is 1.30 bits per heavy atom. The number of carboxylic acids is 1. The van der Waals surface area contributed by atoms with Crippen molar-refractivity contribution < 1.29 is 19.5 Å². The molecule has 0 rings (SSSR count). The number of carbonyl (C=O) groups is 3. The Balaban J connectivity index is 4.33. The zero-order valence-electron chi connectivity index (χ0n) is 12.4. The Labute approximate surface area is 118 Å². The summed E-state index contributed by atoms with van der Waals surface area (Å²) in [6.45, 7) is 4.23. The summed E-state index contributed by atoms with van der Waals surface area (Å²) in [5.74, 6) is -1.81. The Morgan fingerprint density at radius 2 is 1.85 bits per heavy atom. The Morgan fingerprint density at radius 3 is 2.25 bits per heavy atom. The summed E-state index contributed by atoms with van der Waals surface area (Å²) in [6.07, 6.45) is -0.129. The summed E-state index contributed by atoms with van der Waals surface area (Å²) in [4.78, 5) is 35.2. The fraction of sp³-hybridized carbons (Fsp3) is 0.750. The number of amides is 3. The maximum Gasteiger partial charge on any atom is 0.326 e. The molecule has 8 nitrogen and oxygen atoms in total. The lowest BCUT2D eigenvalue weighted by atomic mass is 10.0. The maximum atomic E-state index is 11.7. The monoisotopic (exact) mass is 288 g/mol. The number of carboxylic acid groups (broad SMARTS) is 1. The topological polar surface area (TPSA) is 125 Å². The van der Waals surface area contributed by atoms with Crippen molar-refractivity contribution in [1.82, 2.24) is 15.5 Å². The molecule has 3 amide bonds. The molecule has 0 fully saturated rings. The zero-order chi connectivity index (χ0) is 15.9. The van der Waals surface area contributed by atoms with E-state index in [0.717, 1.165) is 0 Å². The third kappa shape index (κ3) is 6.93. The van der Waals surface area contributed by atoms with E-state index >= 15 is 0 Å². The van der Waals surface area contributed by atoms with Gasteiger partial charge in [-0.05, 0) is 34.4 Å². The van der Waals surface area contributed by atoms with Gasteiger partial charge >= 0.3 is 12.0 Å². The largest absolute Gasteiger partial charge is 0.480 e. The second kappa shape index (κ2) is 7.68. The predicted molar refractivity (Wildman–Crippen MR) is 74.2 cm³/mol. The first-order chi connectivity index (χ1) is 9.06. The standard InChI is InChI=1S/C12H24N4O4/c1-12(2,16(3)4)7-14-11(20)15-8(10(18)19)5-6-9(13)17/h8H,5-7H2,1-4H3,(H2,13,17)(H,18,19)(H2,14,15,20)/t8-/m0/s1. The van der Waals surface area contributed by atoms with E-state index in [1.54, 1.807) is 0 Å². The third-order valence-corrected chi connectivity index (χ3v) is 3.18. The molecule has 0 aliphatic rings. The van der Waals surface area contributed by atoms with Gasteiger partial charge in [-0.1, -0.05) is 0 Å². The molecule has 0 heterocycles. The first kappa shape index (κ1) is 18.2. The van der Waals surface area contributed by atoms with Crippen molar-refractivity contribution in [2.75, 3.05) is 20.6 Å². The van der Waals surface area contributed by atoms with Crippen molar-refractivity contribution in [3.05, 3.63) is 0 Å². The van der Waals surface area contributed by atoms with Crippen LogP contribution in [-0.4, -0.2) is 60.1 Å². The summed E-state index contributed by atoms with van der Waals surface area (Å²) in [7, 11) is 3.76. The van der Waals surface area contributed by atoms with Crippen molar-refractivity contribution in [2.24, 2.45) is 5.73 Å². The van der Waals surface area contributed by atoms with Gasteiger partial charge in [0.15, 0.2) is 0 Å². The number of hydrogen-bond donors (Lipinski definition) is 4. The van der Waals surface area contributed by atoms with E-state index in [-0.39, 0.29) is 18.4 Å². The first-order valence-electron chi connectivity index (χ1n) is 6.29. The number of nitrogens with two attached hydrogens (primary N) is 1. The van der Waals surface area contributed by atoms with Crippen LogP contribution in [0.5, 0.6) is 0 Å². The van der Waals surface area contributed by atoms with E-state index in [4.69, 9.17) is 10.8 Å². The van der Waals surface area contributed by atoms with Gasteiger partial charge < -0.3 is 26.4 Å². The van der Waals surface area contributed by atoms with E-state index < -0.39 is 23.9 Å². The molecule has 0 saturated carbocycles. The van der Waals surface area contributed by atoms with Crippen LogP contribution in [0.15, 0.2) is 0 Å². The van der Waals surface area contributed by atoms with Gasteiger partial charge in [0, 0.05) is 18.5 Å². The maximum absolute atomic E-state index is 11.7. The van der Waals surface area contributed by atoms with Crippen molar-refractivity contribution in [1.29, 1.82) is 0 Å². The number of nitrogens with zero attached hydrogens (tertiary/aromatic N) is 1. The predicted octanol–water partition coefficient (Wildman–Crippen LogP) is -0.655. The van der Waals surface area contributed by atoms with Crippen LogP contribution in [0.25, 0.3) is 0 Å². The van der Waals surface area contributed by atoms with Crippen molar-refractivity contribution in [3.63, 3.8) is 0 Å². The number of carbonyl (C=O) groups excluding carboxylic acids is 2. The second-order valence-electron chi connectivity index (χ2n) is 5.43. The molecule has 5 N–H and O–H groups in total. The molecule has 0 radical (unpaired) electrons. The van der Waals surface area contributed by atoms with Crippen LogP contribution in [0.4, 0.5) is 4.79 Å². The summed E-state index contributed by atoms with van der Waals surface area (Å²) in [6, 6.07) is -1.72. The third-order valence-electron chi connectivity index (χ3n) is 3.18. The minimum atomic E-state index is -1.20. The number of urea groups is 1. The number of likely N-dealkylation sites (N-methyl/N-ethyl adjacent to an activating group) is 1. The molecule has 0 aromatic carbocycles. The highest BCUT2D eigenvalue weighted by Crippen LogP contribution is 2.07. The van der Waals surface area contributed by atoms with Crippen LogP contribution in [0.1, 0.15) is 26.7 Å². The number of primary amides is 1. The Kier molecular flexibility index (Phi) is 6.98. The number of aliphatic carboxylic acids is 1. The summed E-state index contributed by atoms with van der Waals surface area (Å²) < 4.78 is 0. The molecule has 0 unspecified atom stereocenters. The van der Waals surface area contributed by atoms with Crippen LogP contribution in [0.3, 0.4) is 0 Å². The van der Waals surface area contributed by atoms with Gasteiger partial charge in [-0.2, -0.15) is 0 Å². The molecule has 116 valence electrons. The molecule has 0 bridgehead atoms. The molecule has 0 saturated heterocycles. The highest BCUT2D eigenvalue weighted by molar-refractivity contribution is 5.83. The normalized spacial score (nSPS) is 12.8. The van der Waals surface area contributed by atoms with Crippen LogP contribution >= 0.6 is 0 Å². The van der Waals surface area contributed by atoms with Crippen LogP contribution < -0.4 is 16.4 Å².